The van der Waals surface area contributed by atoms with E-state index in [4.69, 9.17) is 5.73 Å². The van der Waals surface area contributed by atoms with E-state index in [1.165, 1.54) is 0 Å². The Labute approximate surface area is 265 Å². The number of hydrogen-bond donors (Lipinski definition) is 4. The molecule has 0 radical (unpaired) electrons. The third-order valence-corrected chi connectivity index (χ3v) is 6.95. The van der Waals surface area contributed by atoms with E-state index in [-0.39, 0.29) is 18.7 Å². The lowest BCUT2D eigenvalue weighted by Crippen LogP contribution is -2.48. The van der Waals surface area contributed by atoms with Crippen molar-refractivity contribution in [1.82, 2.24) is 15.6 Å². The molecule has 246 valence electrons. The molecule has 3 aromatic rings. The van der Waals surface area contributed by atoms with Crippen molar-refractivity contribution in [1.29, 1.82) is 0 Å². The van der Waals surface area contributed by atoms with Crippen LogP contribution in [0.5, 0.6) is 0 Å². The van der Waals surface area contributed by atoms with Crippen molar-refractivity contribution in [2.45, 2.75) is 63.2 Å². The second-order valence-corrected chi connectivity index (χ2v) is 10.5. The molecule has 10 nitrogen and oxygen atoms in total. The number of pyridine rings is 1. The minimum Gasteiger partial charge on any atom is -0.386 e. The first-order chi connectivity index (χ1) is 22.1. The zero-order valence-electron chi connectivity index (χ0n) is 25.2. The summed E-state index contributed by atoms with van der Waals surface area (Å²) in [5.41, 5.74) is 7.72. The quantitative estimate of drug-likeness (QED) is 0.0930. The van der Waals surface area contributed by atoms with Gasteiger partial charge in [-0.3, -0.25) is 14.4 Å². The molecule has 0 aliphatic heterocycles. The Kier molecular flexibility index (Phi) is 14.2. The summed E-state index contributed by atoms with van der Waals surface area (Å²) in [6, 6.07) is 19.4. The number of anilines is 1. The monoisotopic (exact) mass is 641 g/mol. The molecule has 2 aromatic carbocycles. The highest BCUT2D eigenvalue weighted by Crippen LogP contribution is 2.25. The van der Waals surface area contributed by atoms with E-state index in [2.05, 4.69) is 25.7 Å². The average molecular weight is 642 g/mol. The van der Waals surface area contributed by atoms with Crippen molar-refractivity contribution >= 4 is 29.6 Å². The first kappa shape index (κ1) is 35.7. The van der Waals surface area contributed by atoms with Gasteiger partial charge in [-0.05, 0) is 67.5 Å². The van der Waals surface area contributed by atoms with E-state index >= 15 is 0 Å². The Bertz CT molecular complexity index is 1410. The number of carbonyl (C=O) groups excluding carboxylic acids is 4. The number of hydrogen-bond acceptors (Lipinski definition) is 8. The lowest BCUT2D eigenvalue weighted by atomic mass is 9.98. The summed E-state index contributed by atoms with van der Waals surface area (Å²) in [5.74, 6) is -4.40. The number of esters is 2. The fourth-order valence-electron chi connectivity index (χ4n) is 4.56. The molecule has 0 bridgehead atoms. The summed E-state index contributed by atoms with van der Waals surface area (Å²) in [6.07, 6.45) is -1.74. The zero-order chi connectivity index (χ0) is 33.4. The van der Waals surface area contributed by atoms with E-state index in [0.29, 0.717) is 44.3 Å². The van der Waals surface area contributed by atoms with E-state index in [1.807, 2.05) is 42.5 Å². The van der Waals surface area contributed by atoms with Crippen LogP contribution in [0.3, 0.4) is 0 Å². The zero-order valence-corrected chi connectivity index (χ0v) is 25.2. The number of alkyl halides is 3. The fraction of sp³-hybridized carbons (Fsp3) is 0.364. The highest BCUT2D eigenvalue weighted by molar-refractivity contribution is 5.90. The lowest BCUT2D eigenvalue weighted by molar-refractivity contribution is -0.202. The van der Waals surface area contributed by atoms with Crippen LogP contribution in [0.4, 0.5) is 19.0 Å². The third-order valence-electron chi connectivity index (χ3n) is 6.95. The number of aromatic nitrogens is 1. The molecule has 0 fully saturated rings. The number of nitrogens with zero attached hydrogens (tertiary/aromatic N) is 1. The van der Waals surface area contributed by atoms with Crippen LogP contribution in [-0.2, 0) is 23.9 Å². The van der Waals surface area contributed by atoms with Crippen LogP contribution >= 0.6 is 0 Å². The van der Waals surface area contributed by atoms with Crippen LogP contribution in [0.25, 0.3) is 11.1 Å². The first-order valence-electron chi connectivity index (χ1n) is 15.0. The molecule has 46 heavy (non-hydrogen) atoms. The third kappa shape index (κ3) is 12.3. The SMILES string of the molecule is NCCCC[C@H](NC(=O)CCCCNc1ccccn1)C(=O)NC(CC(=O)OC(=O)C(F)(F)F)c1ccc(-c2ccccc2)cc1. The maximum Gasteiger partial charge on any atom is 0.491 e. The molecule has 0 aliphatic carbocycles. The standard InChI is InChI=1S/C33H38F3N5O5/c34-33(35,36)32(45)46-30(43)22-27(25-17-15-24(16-18-25)23-10-2-1-3-11-23)41-31(44)26(12-4-7-19-37)40-29(42)14-6-9-21-39-28-13-5-8-20-38-28/h1-3,5,8,10-11,13,15-18,20,26-27H,4,6-7,9,12,14,19,21-22,37H2,(H,38,39)(H,40,42)(H,41,44)/t26-,27?/m0/s1. The molecule has 0 saturated carbocycles. The van der Waals surface area contributed by atoms with Crippen LogP contribution < -0.4 is 21.7 Å². The predicted octanol–water partition coefficient (Wildman–Crippen LogP) is 4.82. The minimum atomic E-state index is -5.36. The van der Waals surface area contributed by atoms with Gasteiger partial charge in [-0.25, -0.2) is 9.78 Å². The highest BCUT2D eigenvalue weighted by Gasteiger charge is 2.42. The van der Waals surface area contributed by atoms with Crippen molar-refractivity contribution in [2.75, 3.05) is 18.4 Å². The molecule has 3 rings (SSSR count). The first-order valence-corrected chi connectivity index (χ1v) is 15.0. The van der Waals surface area contributed by atoms with Crippen molar-refractivity contribution in [3.63, 3.8) is 0 Å². The Morgan fingerprint density at radius 1 is 0.826 bits per heavy atom. The van der Waals surface area contributed by atoms with Gasteiger partial charge in [0.15, 0.2) is 0 Å². The number of halogens is 3. The van der Waals surface area contributed by atoms with Gasteiger partial charge in [0.1, 0.15) is 11.9 Å². The van der Waals surface area contributed by atoms with Crippen LogP contribution in [0, 0.1) is 0 Å². The molecule has 1 aromatic heterocycles. The maximum absolute atomic E-state index is 13.5. The number of benzene rings is 2. The van der Waals surface area contributed by atoms with Gasteiger partial charge < -0.3 is 26.4 Å². The van der Waals surface area contributed by atoms with Crippen molar-refractivity contribution in [2.24, 2.45) is 5.73 Å². The van der Waals surface area contributed by atoms with Gasteiger partial charge in [-0.2, -0.15) is 13.2 Å². The molecular weight excluding hydrogens is 603 g/mol. The molecule has 0 aliphatic rings. The van der Waals surface area contributed by atoms with Crippen molar-refractivity contribution in [3.05, 3.63) is 84.6 Å². The van der Waals surface area contributed by atoms with E-state index in [9.17, 15) is 32.3 Å². The summed E-state index contributed by atoms with van der Waals surface area (Å²) in [5, 5.41) is 8.56. The van der Waals surface area contributed by atoms with Gasteiger partial charge in [-0.1, -0.05) is 60.7 Å². The molecule has 13 heteroatoms. The summed E-state index contributed by atoms with van der Waals surface area (Å²) in [7, 11) is 0. The van der Waals surface area contributed by atoms with Crippen LogP contribution in [0.2, 0.25) is 0 Å². The number of rotatable bonds is 17. The van der Waals surface area contributed by atoms with Gasteiger partial charge >= 0.3 is 18.1 Å². The lowest BCUT2D eigenvalue weighted by Gasteiger charge is -2.24. The second kappa shape index (κ2) is 18.3. The average Bonchev–Trinajstić information content (AvgIpc) is 3.04. The Balaban J connectivity index is 1.68. The molecule has 2 amide bonds. The van der Waals surface area contributed by atoms with Gasteiger partial charge in [-0.15, -0.1) is 0 Å². The topological polar surface area (TPSA) is 153 Å². The molecule has 1 unspecified atom stereocenters. The van der Waals surface area contributed by atoms with Gasteiger partial charge in [0.25, 0.3) is 0 Å². The van der Waals surface area contributed by atoms with Crippen molar-refractivity contribution in [3.8, 4) is 11.1 Å². The number of carbonyl (C=O) groups is 4. The Hall–Kier alpha value is -4.78. The number of ether oxygens (including phenoxy) is 1. The molecular formula is C33H38F3N5O5. The summed E-state index contributed by atoms with van der Waals surface area (Å²) in [4.78, 5) is 54.1. The number of amides is 2. The van der Waals surface area contributed by atoms with Crippen LogP contribution in [0.15, 0.2) is 79.0 Å². The maximum atomic E-state index is 13.5. The molecule has 2 atom stereocenters. The largest absolute Gasteiger partial charge is 0.491 e. The van der Waals surface area contributed by atoms with Crippen LogP contribution in [-0.4, -0.2) is 54.0 Å². The molecule has 5 N–H and O–H groups in total. The molecule has 0 spiro atoms. The Morgan fingerprint density at radius 2 is 1.52 bits per heavy atom. The smallest absolute Gasteiger partial charge is 0.386 e. The van der Waals surface area contributed by atoms with Gasteiger partial charge in [0, 0.05) is 19.2 Å². The van der Waals surface area contributed by atoms with E-state index < -0.39 is 42.5 Å². The predicted molar refractivity (Wildman–Crippen MR) is 166 cm³/mol. The summed E-state index contributed by atoms with van der Waals surface area (Å²) >= 11 is 0. The number of nitrogens with two attached hydrogens (primary N) is 1. The summed E-state index contributed by atoms with van der Waals surface area (Å²) in [6.45, 7) is 0.976. The van der Waals surface area contributed by atoms with E-state index in [0.717, 1.165) is 16.9 Å². The van der Waals surface area contributed by atoms with Crippen molar-refractivity contribution < 1.29 is 37.1 Å². The van der Waals surface area contributed by atoms with Crippen LogP contribution in [0.1, 0.15) is 56.6 Å². The van der Waals surface area contributed by atoms with E-state index in [1.54, 1.807) is 36.5 Å². The van der Waals surface area contributed by atoms with Gasteiger partial charge in [0.05, 0.1) is 12.5 Å². The molecule has 1 heterocycles. The molecule has 0 saturated heterocycles. The second-order valence-electron chi connectivity index (χ2n) is 10.5. The summed E-state index contributed by atoms with van der Waals surface area (Å²) < 4.78 is 42.1. The highest BCUT2D eigenvalue weighted by atomic mass is 19.4. The minimum absolute atomic E-state index is 0.154. The number of nitrogens with one attached hydrogen (secondary N) is 3. The fourth-order valence-corrected chi connectivity index (χ4v) is 4.56. The normalized spacial score (nSPS) is 12.4. The number of unbranched alkanes of at least 4 members (excludes halogenated alkanes) is 2. The Morgan fingerprint density at radius 3 is 2.17 bits per heavy atom. The van der Waals surface area contributed by atoms with Gasteiger partial charge in [0.2, 0.25) is 11.8 Å².